The minimum atomic E-state index is -0.369. The van der Waals surface area contributed by atoms with Gasteiger partial charge in [0.05, 0.1) is 12.1 Å². The summed E-state index contributed by atoms with van der Waals surface area (Å²) in [5.74, 6) is 1.42. The lowest BCUT2D eigenvalue weighted by molar-refractivity contribution is 0.0378. The van der Waals surface area contributed by atoms with Gasteiger partial charge in [-0.1, -0.05) is 18.5 Å². The van der Waals surface area contributed by atoms with E-state index in [0.29, 0.717) is 30.0 Å². The second kappa shape index (κ2) is 6.03. The summed E-state index contributed by atoms with van der Waals surface area (Å²) in [5, 5.41) is 13.5. The van der Waals surface area contributed by atoms with E-state index in [2.05, 4.69) is 15.3 Å². The number of aryl methyl sites for hydroxylation is 1. The van der Waals surface area contributed by atoms with Crippen LogP contribution in [0.2, 0.25) is 5.15 Å². The number of nitrogens with one attached hydrogen (secondary N) is 1. The quantitative estimate of drug-likeness (QED) is 0.828. The molecule has 0 aliphatic carbocycles. The van der Waals surface area contributed by atoms with Crippen LogP contribution in [-0.2, 0) is 11.2 Å². The summed E-state index contributed by atoms with van der Waals surface area (Å²) in [4.78, 5) is 8.70. The summed E-state index contributed by atoms with van der Waals surface area (Å²) in [6.45, 7) is 5.21. The van der Waals surface area contributed by atoms with Crippen LogP contribution in [0.1, 0.15) is 31.2 Å². The smallest absolute Gasteiger partial charge is 0.137 e. The van der Waals surface area contributed by atoms with Crippen LogP contribution < -0.4 is 5.32 Å². The van der Waals surface area contributed by atoms with Crippen LogP contribution in [0.25, 0.3) is 0 Å². The Labute approximate surface area is 118 Å². The van der Waals surface area contributed by atoms with Crippen LogP contribution >= 0.6 is 11.6 Å². The van der Waals surface area contributed by atoms with Crippen LogP contribution in [0, 0.1) is 6.92 Å². The zero-order valence-corrected chi connectivity index (χ0v) is 12.1. The van der Waals surface area contributed by atoms with Crippen LogP contribution in [0.3, 0.4) is 0 Å². The van der Waals surface area contributed by atoms with Crippen molar-refractivity contribution in [2.75, 3.05) is 25.1 Å². The highest BCUT2D eigenvalue weighted by Crippen LogP contribution is 2.28. The number of rotatable bonds is 4. The van der Waals surface area contributed by atoms with Crippen LogP contribution in [0.15, 0.2) is 0 Å². The first-order chi connectivity index (χ1) is 9.10. The van der Waals surface area contributed by atoms with E-state index in [0.717, 1.165) is 24.8 Å². The Hall–Kier alpha value is -0.910. The lowest BCUT2D eigenvalue weighted by Gasteiger charge is -2.37. The van der Waals surface area contributed by atoms with Crippen molar-refractivity contribution >= 4 is 17.4 Å². The monoisotopic (exact) mass is 285 g/mol. The van der Waals surface area contributed by atoms with E-state index in [1.54, 1.807) is 0 Å². The molecular weight excluding hydrogens is 266 g/mol. The lowest BCUT2D eigenvalue weighted by Crippen LogP contribution is -2.47. The van der Waals surface area contributed by atoms with Crippen LogP contribution in [0.5, 0.6) is 0 Å². The normalized spacial score (nSPS) is 18.3. The first-order valence-electron chi connectivity index (χ1n) is 6.60. The number of halogens is 1. The zero-order chi connectivity index (χ0) is 13.9. The molecule has 0 amide bonds. The van der Waals surface area contributed by atoms with Gasteiger partial charge in [0.2, 0.25) is 0 Å². The van der Waals surface area contributed by atoms with Crippen molar-refractivity contribution in [2.24, 2.45) is 0 Å². The molecule has 0 radical (unpaired) electrons. The number of aliphatic hydroxyl groups excluding tert-OH is 1. The molecule has 106 valence electrons. The SMILES string of the molecule is CCc1nc(Cl)c(C)c(NC2(CO)CCOCC2)n1. The third-order valence-electron chi connectivity index (χ3n) is 3.59. The fourth-order valence-corrected chi connectivity index (χ4v) is 2.34. The van der Waals surface area contributed by atoms with Gasteiger partial charge in [0, 0.05) is 25.2 Å². The molecule has 0 bridgehead atoms. The molecule has 19 heavy (non-hydrogen) atoms. The number of ether oxygens (including phenoxy) is 1. The first-order valence-corrected chi connectivity index (χ1v) is 6.98. The van der Waals surface area contributed by atoms with Gasteiger partial charge in [-0.15, -0.1) is 0 Å². The molecule has 0 spiro atoms. The second-order valence-corrected chi connectivity index (χ2v) is 5.29. The molecule has 1 aromatic rings. The van der Waals surface area contributed by atoms with E-state index in [1.165, 1.54) is 0 Å². The summed E-state index contributed by atoms with van der Waals surface area (Å²) in [5.41, 5.74) is 0.448. The molecule has 1 fully saturated rings. The molecular formula is C13H20ClN3O2. The van der Waals surface area contributed by atoms with Gasteiger partial charge in [-0.3, -0.25) is 0 Å². The van der Waals surface area contributed by atoms with Crippen molar-refractivity contribution in [1.29, 1.82) is 0 Å². The highest BCUT2D eigenvalue weighted by Gasteiger charge is 2.33. The van der Waals surface area contributed by atoms with Gasteiger partial charge in [-0.05, 0) is 19.8 Å². The van der Waals surface area contributed by atoms with Crippen LogP contribution in [0.4, 0.5) is 5.82 Å². The molecule has 1 aliphatic rings. The van der Waals surface area contributed by atoms with Crippen molar-refractivity contribution in [3.8, 4) is 0 Å². The molecule has 5 nitrogen and oxygen atoms in total. The highest BCUT2D eigenvalue weighted by atomic mass is 35.5. The average molecular weight is 286 g/mol. The molecule has 0 unspecified atom stereocenters. The van der Waals surface area contributed by atoms with Gasteiger partial charge in [0.1, 0.15) is 16.8 Å². The van der Waals surface area contributed by atoms with Gasteiger partial charge in [-0.25, -0.2) is 9.97 Å². The summed E-state index contributed by atoms with van der Waals surface area (Å²) in [6.07, 6.45) is 2.24. The average Bonchev–Trinajstić information content (AvgIpc) is 2.44. The fourth-order valence-electron chi connectivity index (χ4n) is 2.15. The van der Waals surface area contributed by atoms with Gasteiger partial charge < -0.3 is 15.2 Å². The van der Waals surface area contributed by atoms with E-state index in [1.807, 2.05) is 13.8 Å². The highest BCUT2D eigenvalue weighted by molar-refractivity contribution is 6.30. The Morgan fingerprint density at radius 2 is 2.05 bits per heavy atom. The van der Waals surface area contributed by atoms with E-state index >= 15 is 0 Å². The van der Waals surface area contributed by atoms with Gasteiger partial charge in [0.15, 0.2) is 0 Å². The van der Waals surface area contributed by atoms with Crippen molar-refractivity contribution in [2.45, 2.75) is 38.6 Å². The Morgan fingerprint density at radius 1 is 1.37 bits per heavy atom. The Bertz CT molecular complexity index is 448. The van der Waals surface area contributed by atoms with Crippen molar-refractivity contribution in [3.05, 3.63) is 16.5 Å². The summed E-state index contributed by atoms with van der Waals surface area (Å²) < 4.78 is 5.35. The predicted molar refractivity (Wildman–Crippen MR) is 74.6 cm³/mol. The standard InChI is InChI=1S/C13H20ClN3O2/c1-3-10-15-11(14)9(2)12(16-10)17-13(8-18)4-6-19-7-5-13/h18H,3-8H2,1-2H3,(H,15,16,17). The molecule has 2 N–H and O–H groups in total. The molecule has 0 aromatic carbocycles. The molecule has 0 atom stereocenters. The third-order valence-corrected chi connectivity index (χ3v) is 3.95. The summed E-state index contributed by atoms with van der Waals surface area (Å²) in [6, 6.07) is 0. The maximum atomic E-state index is 9.70. The second-order valence-electron chi connectivity index (χ2n) is 4.93. The molecule has 2 heterocycles. The number of anilines is 1. The van der Waals surface area contributed by atoms with Crippen molar-refractivity contribution in [3.63, 3.8) is 0 Å². The molecule has 1 aliphatic heterocycles. The molecule has 1 saturated heterocycles. The number of nitrogens with zero attached hydrogens (tertiary/aromatic N) is 2. The first kappa shape index (κ1) is 14.5. The van der Waals surface area contributed by atoms with Gasteiger partial charge >= 0.3 is 0 Å². The predicted octanol–water partition coefficient (Wildman–Crippen LogP) is 1.95. The van der Waals surface area contributed by atoms with E-state index in [4.69, 9.17) is 16.3 Å². The topological polar surface area (TPSA) is 67.3 Å². The molecule has 1 aromatic heterocycles. The molecule has 0 saturated carbocycles. The largest absolute Gasteiger partial charge is 0.394 e. The molecule has 6 heteroatoms. The summed E-state index contributed by atoms with van der Waals surface area (Å²) >= 11 is 6.13. The van der Waals surface area contributed by atoms with Gasteiger partial charge in [-0.2, -0.15) is 0 Å². The Morgan fingerprint density at radius 3 is 2.63 bits per heavy atom. The summed E-state index contributed by atoms with van der Waals surface area (Å²) in [7, 11) is 0. The van der Waals surface area contributed by atoms with E-state index in [-0.39, 0.29) is 12.1 Å². The number of aromatic nitrogens is 2. The minimum Gasteiger partial charge on any atom is -0.394 e. The van der Waals surface area contributed by atoms with Crippen molar-refractivity contribution < 1.29 is 9.84 Å². The minimum absolute atomic E-state index is 0.0544. The fraction of sp³-hybridized carbons (Fsp3) is 0.692. The van der Waals surface area contributed by atoms with Gasteiger partial charge in [0.25, 0.3) is 0 Å². The Kier molecular flexibility index (Phi) is 4.60. The molecule has 2 rings (SSSR count). The van der Waals surface area contributed by atoms with E-state index < -0.39 is 0 Å². The third kappa shape index (κ3) is 3.16. The maximum absolute atomic E-state index is 9.70. The number of hydrogen-bond acceptors (Lipinski definition) is 5. The van der Waals surface area contributed by atoms with Crippen molar-refractivity contribution in [1.82, 2.24) is 9.97 Å². The maximum Gasteiger partial charge on any atom is 0.137 e. The number of aliphatic hydroxyl groups is 1. The van der Waals surface area contributed by atoms with Crippen LogP contribution in [-0.4, -0.2) is 40.4 Å². The Balaban J connectivity index is 2.28. The van der Waals surface area contributed by atoms with E-state index in [9.17, 15) is 5.11 Å². The zero-order valence-electron chi connectivity index (χ0n) is 11.4. The lowest BCUT2D eigenvalue weighted by atomic mass is 9.91. The number of hydrogen-bond donors (Lipinski definition) is 2.